The van der Waals surface area contributed by atoms with Gasteiger partial charge in [0.25, 0.3) is 5.91 Å². The SMILES string of the molecule is COc1ccc(C=NNC(=O)c2ccc(-n3c(C)ccc3C)cc2)cc1. The molecular formula is C21H21N3O2. The molecule has 0 saturated heterocycles. The number of hydrazone groups is 1. The Balaban J connectivity index is 1.65. The van der Waals surface area contributed by atoms with Crippen LogP contribution in [0.4, 0.5) is 0 Å². The van der Waals surface area contributed by atoms with Crippen molar-refractivity contribution in [3.05, 3.63) is 83.2 Å². The van der Waals surface area contributed by atoms with E-state index in [0.29, 0.717) is 5.56 Å². The van der Waals surface area contributed by atoms with Gasteiger partial charge in [0.1, 0.15) is 5.75 Å². The first-order chi connectivity index (χ1) is 12.6. The maximum Gasteiger partial charge on any atom is 0.271 e. The van der Waals surface area contributed by atoms with Crippen LogP contribution in [-0.4, -0.2) is 23.8 Å². The van der Waals surface area contributed by atoms with E-state index >= 15 is 0 Å². The molecule has 1 heterocycles. The van der Waals surface area contributed by atoms with Crippen molar-refractivity contribution in [2.75, 3.05) is 7.11 Å². The Morgan fingerprint density at radius 3 is 2.15 bits per heavy atom. The van der Waals surface area contributed by atoms with Gasteiger partial charge >= 0.3 is 0 Å². The molecule has 0 unspecified atom stereocenters. The van der Waals surface area contributed by atoms with Crippen LogP contribution in [0.2, 0.25) is 0 Å². The fraction of sp³-hybridized carbons (Fsp3) is 0.143. The number of rotatable bonds is 5. The van der Waals surface area contributed by atoms with Crippen molar-refractivity contribution < 1.29 is 9.53 Å². The minimum atomic E-state index is -0.248. The predicted molar refractivity (Wildman–Crippen MR) is 103 cm³/mol. The summed E-state index contributed by atoms with van der Waals surface area (Å²) in [6, 6.07) is 19.0. The molecule has 0 radical (unpaired) electrons. The Kier molecular flexibility index (Phi) is 5.17. The lowest BCUT2D eigenvalue weighted by Gasteiger charge is -2.10. The van der Waals surface area contributed by atoms with Crippen LogP contribution in [0.25, 0.3) is 5.69 Å². The molecule has 1 N–H and O–H groups in total. The summed E-state index contributed by atoms with van der Waals surface area (Å²) in [7, 11) is 1.62. The molecule has 0 aliphatic carbocycles. The van der Waals surface area contributed by atoms with Gasteiger partial charge in [-0.25, -0.2) is 5.43 Å². The van der Waals surface area contributed by atoms with E-state index in [0.717, 1.165) is 28.4 Å². The van der Waals surface area contributed by atoms with E-state index in [1.807, 2.05) is 36.4 Å². The van der Waals surface area contributed by atoms with Crippen molar-refractivity contribution in [2.24, 2.45) is 5.10 Å². The zero-order valence-corrected chi connectivity index (χ0v) is 15.1. The van der Waals surface area contributed by atoms with Gasteiger partial charge in [-0.2, -0.15) is 5.10 Å². The fourth-order valence-electron chi connectivity index (χ4n) is 2.76. The van der Waals surface area contributed by atoms with Gasteiger partial charge in [-0.15, -0.1) is 0 Å². The smallest absolute Gasteiger partial charge is 0.271 e. The number of ether oxygens (including phenoxy) is 1. The molecule has 5 heteroatoms. The Hall–Kier alpha value is -3.34. The van der Waals surface area contributed by atoms with E-state index < -0.39 is 0 Å². The summed E-state index contributed by atoms with van der Waals surface area (Å²) in [5.74, 6) is 0.529. The second-order valence-electron chi connectivity index (χ2n) is 5.97. The minimum Gasteiger partial charge on any atom is -0.497 e. The summed E-state index contributed by atoms with van der Waals surface area (Å²) in [5, 5.41) is 4.00. The molecule has 1 aromatic heterocycles. The molecule has 5 nitrogen and oxygen atoms in total. The van der Waals surface area contributed by atoms with Crippen LogP contribution in [0.5, 0.6) is 5.75 Å². The standard InChI is InChI=1S/C21H21N3O2/c1-15-4-5-16(2)24(15)19-10-8-18(9-11-19)21(25)23-22-14-17-6-12-20(26-3)13-7-17/h4-14H,1-3H3,(H,23,25). The van der Waals surface area contributed by atoms with Gasteiger partial charge in [0, 0.05) is 22.6 Å². The van der Waals surface area contributed by atoms with Gasteiger partial charge in [0.15, 0.2) is 0 Å². The van der Waals surface area contributed by atoms with Crippen LogP contribution in [0.15, 0.2) is 65.8 Å². The zero-order valence-electron chi connectivity index (χ0n) is 15.1. The Labute approximate surface area is 152 Å². The third-order valence-corrected chi connectivity index (χ3v) is 4.15. The Bertz CT molecular complexity index is 903. The lowest BCUT2D eigenvalue weighted by atomic mass is 10.2. The molecule has 0 aliphatic heterocycles. The van der Waals surface area contributed by atoms with Gasteiger partial charge in [0.2, 0.25) is 0 Å². The molecule has 3 rings (SSSR count). The maximum atomic E-state index is 12.2. The van der Waals surface area contributed by atoms with Gasteiger partial charge in [-0.05, 0) is 80.1 Å². The van der Waals surface area contributed by atoms with E-state index in [9.17, 15) is 4.79 Å². The number of methoxy groups -OCH3 is 1. The van der Waals surface area contributed by atoms with Crippen LogP contribution in [0, 0.1) is 13.8 Å². The summed E-state index contributed by atoms with van der Waals surface area (Å²) < 4.78 is 7.25. The summed E-state index contributed by atoms with van der Waals surface area (Å²) in [4.78, 5) is 12.2. The number of nitrogens with one attached hydrogen (secondary N) is 1. The Morgan fingerprint density at radius 1 is 0.962 bits per heavy atom. The molecular weight excluding hydrogens is 326 g/mol. The number of aryl methyl sites for hydroxylation is 2. The number of carbonyl (C=O) groups is 1. The van der Waals surface area contributed by atoms with Crippen molar-refractivity contribution >= 4 is 12.1 Å². The first kappa shape index (κ1) is 17.5. The molecule has 0 saturated carbocycles. The highest BCUT2D eigenvalue weighted by Crippen LogP contribution is 2.17. The maximum absolute atomic E-state index is 12.2. The van der Waals surface area contributed by atoms with Crippen molar-refractivity contribution in [1.29, 1.82) is 0 Å². The number of benzene rings is 2. The van der Waals surface area contributed by atoms with Gasteiger partial charge < -0.3 is 9.30 Å². The topological polar surface area (TPSA) is 55.6 Å². The van der Waals surface area contributed by atoms with E-state index in [4.69, 9.17) is 4.74 Å². The Morgan fingerprint density at radius 2 is 1.58 bits per heavy atom. The summed E-state index contributed by atoms with van der Waals surface area (Å²) in [6.45, 7) is 4.11. The van der Waals surface area contributed by atoms with Crippen LogP contribution < -0.4 is 10.2 Å². The molecule has 0 aliphatic rings. The van der Waals surface area contributed by atoms with Gasteiger partial charge in [-0.1, -0.05) is 0 Å². The van der Waals surface area contributed by atoms with Crippen molar-refractivity contribution in [3.8, 4) is 11.4 Å². The summed E-state index contributed by atoms with van der Waals surface area (Å²) >= 11 is 0. The quantitative estimate of drug-likeness (QED) is 0.563. The fourth-order valence-corrected chi connectivity index (χ4v) is 2.76. The van der Waals surface area contributed by atoms with Crippen LogP contribution >= 0.6 is 0 Å². The number of amides is 1. The minimum absolute atomic E-state index is 0.248. The van der Waals surface area contributed by atoms with Crippen LogP contribution in [0.3, 0.4) is 0 Å². The second-order valence-corrected chi connectivity index (χ2v) is 5.97. The van der Waals surface area contributed by atoms with Crippen molar-refractivity contribution in [2.45, 2.75) is 13.8 Å². The van der Waals surface area contributed by atoms with Crippen molar-refractivity contribution in [3.63, 3.8) is 0 Å². The highest BCUT2D eigenvalue weighted by Gasteiger charge is 2.07. The number of carbonyl (C=O) groups excluding carboxylic acids is 1. The summed E-state index contributed by atoms with van der Waals surface area (Å²) in [5.41, 5.74) is 7.32. The molecule has 26 heavy (non-hydrogen) atoms. The van der Waals surface area contributed by atoms with E-state index in [-0.39, 0.29) is 5.91 Å². The summed E-state index contributed by atoms with van der Waals surface area (Å²) in [6.07, 6.45) is 1.60. The third-order valence-electron chi connectivity index (χ3n) is 4.15. The molecule has 3 aromatic rings. The lowest BCUT2D eigenvalue weighted by molar-refractivity contribution is 0.0955. The van der Waals surface area contributed by atoms with Gasteiger partial charge in [0.05, 0.1) is 13.3 Å². The monoisotopic (exact) mass is 347 g/mol. The highest BCUT2D eigenvalue weighted by atomic mass is 16.5. The molecule has 0 bridgehead atoms. The van der Waals surface area contributed by atoms with Gasteiger partial charge in [-0.3, -0.25) is 4.79 Å². The number of aromatic nitrogens is 1. The largest absolute Gasteiger partial charge is 0.497 e. The molecule has 0 fully saturated rings. The molecule has 1 amide bonds. The normalized spacial score (nSPS) is 10.9. The van der Waals surface area contributed by atoms with Crippen LogP contribution in [0.1, 0.15) is 27.3 Å². The number of hydrogen-bond donors (Lipinski definition) is 1. The van der Waals surface area contributed by atoms with E-state index in [1.165, 1.54) is 0 Å². The first-order valence-corrected chi connectivity index (χ1v) is 8.31. The average Bonchev–Trinajstić information content (AvgIpc) is 3.00. The number of nitrogens with zero attached hydrogens (tertiary/aromatic N) is 2. The van der Waals surface area contributed by atoms with E-state index in [1.54, 1.807) is 25.5 Å². The molecule has 0 atom stereocenters. The third kappa shape index (κ3) is 3.83. The van der Waals surface area contributed by atoms with Crippen molar-refractivity contribution in [1.82, 2.24) is 9.99 Å². The van der Waals surface area contributed by atoms with E-state index in [2.05, 4.69) is 41.1 Å². The number of hydrogen-bond acceptors (Lipinski definition) is 3. The molecule has 132 valence electrons. The average molecular weight is 347 g/mol. The predicted octanol–water partition coefficient (Wildman–Crippen LogP) is 3.87. The zero-order chi connectivity index (χ0) is 18.5. The lowest BCUT2D eigenvalue weighted by Crippen LogP contribution is -2.17. The molecule has 2 aromatic carbocycles. The highest BCUT2D eigenvalue weighted by molar-refractivity contribution is 5.95. The first-order valence-electron chi connectivity index (χ1n) is 8.31. The second kappa shape index (κ2) is 7.70. The van der Waals surface area contributed by atoms with Crippen LogP contribution in [-0.2, 0) is 0 Å². The molecule has 0 spiro atoms.